The minimum atomic E-state index is -0.0945. The molecule has 0 aliphatic rings. The van der Waals surface area contributed by atoms with Crippen molar-refractivity contribution in [2.75, 3.05) is 19.8 Å². The number of carbonyl (C=O) groups excluding carboxylic acids is 1. The molecule has 0 aliphatic carbocycles. The maximum atomic E-state index is 11.8. The highest BCUT2D eigenvalue weighted by Gasteiger charge is 2.08. The largest absolute Gasteiger partial charge is 0.381 e. The van der Waals surface area contributed by atoms with Gasteiger partial charge in [0, 0.05) is 29.1 Å². The van der Waals surface area contributed by atoms with Gasteiger partial charge in [0.1, 0.15) is 0 Å². The van der Waals surface area contributed by atoms with Gasteiger partial charge in [0.15, 0.2) is 0 Å². The summed E-state index contributed by atoms with van der Waals surface area (Å²) in [7, 11) is 0. The van der Waals surface area contributed by atoms with Gasteiger partial charge in [-0.05, 0) is 31.0 Å². The van der Waals surface area contributed by atoms with Crippen molar-refractivity contribution >= 4 is 34.5 Å². The van der Waals surface area contributed by atoms with Crippen molar-refractivity contribution in [1.82, 2.24) is 5.32 Å². The molecule has 0 aromatic heterocycles. The number of hydrogen-bond donors (Lipinski definition) is 2. The van der Waals surface area contributed by atoms with Crippen LogP contribution in [0.5, 0.6) is 0 Å². The molecule has 0 radical (unpaired) electrons. The van der Waals surface area contributed by atoms with Crippen LogP contribution in [0.25, 0.3) is 0 Å². The summed E-state index contributed by atoms with van der Waals surface area (Å²) in [5, 5.41) is 2.85. The Morgan fingerprint density at radius 1 is 1.44 bits per heavy atom. The van der Waals surface area contributed by atoms with Crippen LogP contribution in [0, 0.1) is 0 Å². The molecule has 1 rings (SSSR count). The average molecular weight is 332 g/mol. The smallest absolute Gasteiger partial charge is 0.252 e. The Balaban J connectivity index is 2.32. The van der Waals surface area contributed by atoms with E-state index in [4.69, 9.17) is 4.74 Å². The number of thiol groups is 1. The molecule has 1 N–H and O–H groups in total. The number of ether oxygens (including phenoxy) is 1. The Morgan fingerprint density at radius 3 is 2.89 bits per heavy atom. The number of rotatable bonds is 7. The summed E-state index contributed by atoms with van der Waals surface area (Å²) in [4.78, 5) is 12.5. The van der Waals surface area contributed by atoms with Crippen molar-refractivity contribution in [3.63, 3.8) is 0 Å². The lowest BCUT2D eigenvalue weighted by Crippen LogP contribution is -2.25. The van der Waals surface area contributed by atoms with Crippen molar-refractivity contribution < 1.29 is 9.53 Å². The van der Waals surface area contributed by atoms with E-state index in [1.807, 2.05) is 12.1 Å². The first-order chi connectivity index (χ1) is 8.65. The summed E-state index contributed by atoms with van der Waals surface area (Å²) >= 11 is 7.62. The Labute approximate surface area is 122 Å². The van der Waals surface area contributed by atoms with Crippen LogP contribution in [0.4, 0.5) is 0 Å². The van der Waals surface area contributed by atoms with Gasteiger partial charge in [0.05, 0.1) is 5.56 Å². The zero-order chi connectivity index (χ0) is 13.4. The summed E-state index contributed by atoms with van der Waals surface area (Å²) in [5.41, 5.74) is 0.594. The summed E-state index contributed by atoms with van der Waals surface area (Å²) in [6.07, 6.45) is 1.85. The zero-order valence-corrected chi connectivity index (χ0v) is 12.9. The second-order valence-electron chi connectivity index (χ2n) is 3.88. The number of hydrogen-bond acceptors (Lipinski definition) is 3. The Bertz CT molecular complexity index is 399. The fourth-order valence-electron chi connectivity index (χ4n) is 1.41. The molecule has 1 aromatic rings. The summed E-state index contributed by atoms with van der Waals surface area (Å²) in [6.45, 7) is 4.15. The molecule has 0 unspecified atom stereocenters. The second-order valence-corrected chi connectivity index (χ2v) is 5.28. The predicted molar refractivity (Wildman–Crippen MR) is 79.5 cm³/mol. The monoisotopic (exact) mass is 331 g/mol. The number of amides is 1. The molecule has 0 fully saturated rings. The fourth-order valence-corrected chi connectivity index (χ4v) is 2.27. The van der Waals surface area contributed by atoms with E-state index in [1.165, 1.54) is 0 Å². The minimum absolute atomic E-state index is 0.0945. The zero-order valence-electron chi connectivity index (χ0n) is 10.4. The Hall–Kier alpha value is -0.520. The third-order valence-electron chi connectivity index (χ3n) is 2.30. The lowest BCUT2D eigenvalue weighted by molar-refractivity contribution is 0.0938. The highest BCUT2D eigenvalue weighted by molar-refractivity contribution is 9.10. The number of nitrogens with one attached hydrogen (secondary N) is 1. The van der Waals surface area contributed by atoms with E-state index in [1.54, 1.807) is 6.07 Å². The maximum Gasteiger partial charge on any atom is 0.252 e. The van der Waals surface area contributed by atoms with Crippen LogP contribution < -0.4 is 5.32 Å². The first-order valence-electron chi connectivity index (χ1n) is 5.99. The highest BCUT2D eigenvalue weighted by Crippen LogP contribution is 2.19. The van der Waals surface area contributed by atoms with E-state index in [9.17, 15) is 4.79 Å². The fraction of sp³-hybridized carbons (Fsp3) is 0.462. The van der Waals surface area contributed by atoms with Crippen molar-refractivity contribution in [2.24, 2.45) is 0 Å². The van der Waals surface area contributed by atoms with Gasteiger partial charge in [-0.2, -0.15) is 0 Å². The molecule has 5 heteroatoms. The van der Waals surface area contributed by atoms with Gasteiger partial charge in [-0.15, -0.1) is 12.6 Å². The molecule has 0 saturated carbocycles. The summed E-state index contributed by atoms with van der Waals surface area (Å²) in [6, 6.07) is 5.40. The van der Waals surface area contributed by atoms with Gasteiger partial charge in [0.25, 0.3) is 5.91 Å². The van der Waals surface area contributed by atoms with Crippen molar-refractivity contribution in [2.45, 2.75) is 24.7 Å². The van der Waals surface area contributed by atoms with Crippen LogP contribution in [0.1, 0.15) is 30.1 Å². The Morgan fingerprint density at radius 2 is 2.22 bits per heavy atom. The van der Waals surface area contributed by atoms with Crippen molar-refractivity contribution in [1.29, 1.82) is 0 Å². The lowest BCUT2D eigenvalue weighted by atomic mass is 10.2. The van der Waals surface area contributed by atoms with Gasteiger partial charge >= 0.3 is 0 Å². The van der Waals surface area contributed by atoms with Gasteiger partial charge in [-0.3, -0.25) is 4.79 Å². The summed E-state index contributed by atoms with van der Waals surface area (Å²) in [5.74, 6) is -0.0945. The lowest BCUT2D eigenvalue weighted by Gasteiger charge is -2.07. The van der Waals surface area contributed by atoms with E-state index >= 15 is 0 Å². The molecule has 3 nitrogen and oxygen atoms in total. The van der Waals surface area contributed by atoms with E-state index in [2.05, 4.69) is 40.8 Å². The van der Waals surface area contributed by atoms with Crippen LogP contribution in [0.15, 0.2) is 27.6 Å². The number of carbonyl (C=O) groups is 1. The van der Waals surface area contributed by atoms with Crippen LogP contribution in [-0.4, -0.2) is 25.7 Å². The molecule has 0 bridgehead atoms. The molecule has 0 atom stereocenters. The third-order valence-corrected chi connectivity index (χ3v) is 3.17. The molecule has 0 aliphatic heterocycles. The van der Waals surface area contributed by atoms with E-state index in [0.29, 0.717) is 23.6 Å². The minimum Gasteiger partial charge on any atom is -0.381 e. The van der Waals surface area contributed by atoms with E-state index in [0.717, 1.165) is 23.9 Å². The molecule has 18 heavy (non-hydrogen) atoms. The number of benzene rings is 1. The van der Waals surface area contributed by atoms with E-state index < -0.39 is 0 Å². The molecule has 0 spiro atoms. The highest BCUT2D eigenvalue weighted by atomic mass is 79.9. The topological polar surface area (TPSA) is 38.3 Å². The standard InChI is InChI=1S/C13H18BrNO2S/c1-2-7-17-8-3-6-15-13(16)11-5-4-10(14)9-12(11)18/h4-5,9,18H,2-3,6-8H2,1H3,(H,15,16). The second kappa shape index (κ2) is 8.56. The number of halogens is 1. The van der Waals surface area contributed by atoms with Crippen LogP contribution in [-0.2, 0) is 4.74 Å². The van der Waals surface area contributed by atoms with Crippen molar-refractivity contribution in [3.8, 4) is 0 Å². The molecule has 100 valence electrons. The van der Waals surface area contributed by atoms with Crippen LogP contribution in [0.2, 0.25) is 0 Å². The first-order valence-corrected chi connectivity index (χ1v) is 7.23. The molecular formula is C13H18BrNO2S. The average Bonchev–Trinajstić information content (AvgIpc) is 2.33. The Kier molecular flexibility index (Phi) is 7.39. The van der Waals surface area contributed by atoms with Gasteiger partial charge < -0.3 is 10.1 Å². The molecular weight excluding hydrogens is 314 g/mol. The molecule has 0 saturated heterocycles. The summed E-state index contributed by atoms with van der Waals surface area (Å²) < 4.78 is 6.25. The van der Waals surface area contributed by atoms with E-state index in [-0.39, 0.29) is 5.91 Å². The van der Waals surface area contributed by atoms with Crippen LogP contribution >= 0.6 is 28.6 Å². The third kappa shape index (κ3) is 5.42. The predicted octanol–water partition coefficient (Wildman–Crippen LogP) is 3.28. The normalized spacial score (nSPS) is 10.4. The molecule has 0 heterocycles. The van der Waals surface area contributed by atoms with Crippen LogP contribution in [0.3, 0.4) is 0 Å². The van der Waals surface area contributed by atoms with Gasteiger partial charge in [-0.25, -0.2) is 0 Å². The van der Waals surface area contributed by atoms with Crippen molar-refractivity contribution in [3.05, 3.63) is 28.2 Å². The van der Waals surface area contributed by atoms with Gasteiger partial charge in [0.2, 0.25) is 0 Å². The quantitative estimate of drug-likeness (QED) is 0.594. The van der Waals surface area contributed by atoms with Gasteiger partial charge in [-0.1, -0.05) is 22.9 Å². The first kappa shape index (κ1) is 15.5. The SMILES string of the molecule is CCCOCCCNC(=O)c1ccc(Br)cc1S. The molecule has 1 aromatic carbocycles. The molecule has 1 amide bonds. The maximum absolute atomic E-state index is 11.8.